The van der Waals surface area contributed by atoms with Gasteiger partial charge in [-0.15, -0.1) is 0 Å². The topological polar surface area (TPSA) is 83.2 Å². The van der Waals surface area contributed by atoms with Crippen molar-refractivity contribution in [2.75, 3.05) is 44.6 Å². The van der Waals surface area contributed by atoms with Gasteiger partial charge in [-0.05, 0) is 75.4 Å². The quantitative estimate of drug-likeness (QED) is 0.463. The summed E-state index contributed by atoms with van der Waals surface area (Å²) in [5.74, 6) is 1.22. The molecule has 1 amide bonds. The van der Waals surface area contributed by atoms with Gasteiger partial charge in [0.1, 0.15) is 5.82 Å². The molecular weight excluding hydrogens is 507 g/mol. The lowest BCUT2D eigenvalue weighted by molar-refractivity contribution is -0.129. The fraction of sp³-hybridized carbons (Fsp3) is 0.567. The highest BCUT2D eigenvalue weighted by atomic mass is 19.1. The number of aromatic nitrogens is 4. The monoisotopic (exact) mass is 548 g/mol. The summed E-state index contributed by atoms with van der Waals surface area (Å²) in [6, 6.07) is 5.51. The summed E-state index contributed by atoms with van der Waals surface area (Å²) in [6.07, 6.45) is 10.4. The summed E-state index contributed by atoms with van der Waals surface area (Å²) in [5, 5.41) is 16.0. The zero-order valence-corrected chi connectivity index (χ0v) is 23.7. The molecule has 0 unspecified atom stereocenters. The molecule has 3 aromatic rings. The molecule has 0 bridgehead atoms. The molecule has 0 saturated carbocycles. The molecule has 3 aliphatic heterocycles. The third-order valence-corrected chi connectivity index (χ3v) is 9.01. The number of rotatable bonds is 7. The molecule has 2 aromatic heterocycles. The van der Waals surface area contributed by atoms with Crippen molar-refractivity contribution in [2.45, 2.75) is 58.0 Å². The molecule has 40 heavy (non-hydrogen) atoms. The Bertz CT molecular complexity index is 1340. The van der Waals surface area contributed by atoms with Crippen molar-refractivity contribution in [2.24, 2.45) is 13.0 Å². The number of nitrogens with zero attached hydrogens (tertiary/aromatic N) is 6. The molecule has 3 aliphatic rings. The summed E-state index contributed by atoms with van der Waals surface area (Å²) in [5.41, 5.74) is 4.21. The van der Waals surface area contributed by atoms with E-state index in [1.807, 2.05) is 24.2 Å². The van der Waals surface area contributed by atoms with E-state index in [4.69, 9.17) is 5.10 Å². The van der Waals surface area contributed by atoms with Crippen LogP contribution in [0.2, 0.25) is 0 Å². The minimum Gasteiger partial charge on any atom is -0.338 e. The van der Waals surface area contributed by atoms with E-state index in [2.05, 4.69) is 25.3 Å². The van der Waals surface area contributed by atoms with Crippen molar-refractivity contribution in [3.63, 3.8) is 0 Å². The Balaban J connectivity index is 1.18. The molecule has 214 valence electrons. The van der Waals surface area contributed by atoms with Gasteiger partial charge < -0.3 is 20.4 Å². The number of carbonyl (C=O) groups excluding carboxylic acids is 1. The van der Waals surface area contributed by atoms with E-state index in [-0.39, 0.29) is 11.7 Å². The van der Waals surface area contributed by atoms with Gasteiger partial charge in [0.2, 0.25) is 5.91 Å². The van der Waals surface area contributed by atoms with Gasteiger partial charge in [-0.3, -0.25) is 14.2 Å². The van der Waals surface area contributed by atoms with E-state index >= 15 is 4.39 Å². The SMILES string of the molecule is CC(=O)N1CCc2c(c(Nc3ccc(-c4cnn(C)c4)cc3F)nn2C2CCN(CCC3CCNCC3)CC2)C1. The minimum absolute atomic E-state index is 0.0541. The Morgan fingerprint density at radius 3 is 2.62 bits per heavy atom. The number of aryl methyl sites for hydroxylation is 1. The maximum absolute atomic E-state index is 15.3. The lowest BCUT2D eigenvalue weighted by Gasteiger charge is -2.35. The Morgan fingerprint density at radius 1 is 1.12 bits per heavy atom. The average molecular weight is 549 g/mol. The van der Waals surface area contributed by atoms with Gasteiger partial charge in [-0.2, -0.15) is 10.2 Å². The summed E-state index contributed by atoms with van der Waals surface area (Å²) in [6.45, 7) is 8.46. The number of anilines is 2. The first-order valence-corrected chi connectivity index (χ1v) is 14.8. The first-order valence-electron chi connectivity index (χ1n) is 14.8. The zero-order valence-electron chi connectivity index (χ0n) is 23.7. The maximum Gasteiger partial charge on any atom is 0.219 e. The van der Waals surface area contributed by atoms with Crippen molar-refractivity contribution >= 4 is 17.4 Å². The summed E-state index contributed by atoms with van der Waals surface area (Å²) >= 11 is 0. The lowest BCUT2D eigenvalue weighted by atomic mass is 9.94. The largest absolute Gasteiger partial charge is 0.338 e. The van der Waals surface area contributed by atoms with Crippen molar-refractivity contribution in [3.8, 4) is 11.1 Å². The van der Waals surface area contributed by atoms with Crippen LogP contribution in [0.5, 0.6) is 0 Å². The Kier molecular flexibility index (Phi) is 7.89. The molecule has 5 heterocycles. The van der Waals surface area contributed by atoms with E-state index < -0.39 is 0 Å². The fourth-order valence-corrected chi connectivity index (χ4v) is 6.53. The van der Waals surface area contributed by atoms with Crippen LogP contribution in [-0.2, 0) is 24.8 Å². The Hall–Kier alpha value is -3.24. The molecule has 0 atom stereocenters. The summed E-state index contributed by atoms with van der Waals surface area (Å²) < 4.78 is 19.2. The molecule has 0 radical (unpaired) electrons. The first kappa shape index (κ1) is 27.0. The number of hydrogen-bond acceptors (Lipinski definition) is 6. The van der Waals surface area contributed by atoms with Crippen molar-refractivity contribution < 1.29 is 9.18 Å². The van der Waals surface area contributed by atoms with Crippen LogP contribution in [0.15, 0.2) is 30.6 Å². The van der Waals surface area contributed by atoms with Crippen molar-refractivity contribution in [3.05, 3.63) is 47.7 Å². The fourth-order valence-electron chi connectivity index (χ4n) is 6.53. The van der Waals surface area contributed by atoms with Gasteiger partial charge in [0.05, 0.1) is 24.5 Å². The number of fused-ring (bicyclic) bond motifs is 1. The molecule has 2 fully saturated rings. The molecule has 0 aliphatic carbocycles. The summed E-state index contributed by atoms with van der Waals surface area (Å²) in [4.78, 5) is 16.7. The number of halogens is 1. The van der Waals surface area contributed by atoms with Gasteiger partial charge in [0.25, 0.3) is 0 Å². The number of amides is 1. The molecule has 9 nitrogen and oxygen atoms in total. The van der Waals surface area contributed by atoms with Crippen molar-refractivity contribution in [1.29, 1.82) is 0 Å². The highest BCUT2D eigenvalue weighted by Crippen LogP contribution is 2.35. The smallest absolute Gasteiger partial charge is 0.219 e. The highest BCUT2D eigenvalue weighted by Gasteiger charge is 2.31. The second kappa shape index (κ2) is 11.7. The van der Waals surface area contributed by atoms with E-state index in [1.165, 1.54) is 37.6 Å². The molecule has 0 spiro atoms. The van der Waals surface area contributed by atoms with Crippen LogP contribution in [0, 0.1) is 11.7 Å². The normalized spacial score (nSPS) is 19.1. The van der Waals surface area contributed by atoms with Crippen molar-refractivity contribution in [1.82, 2.24) is 34.7 Å². The minimum atomic E-state index is -0.342. The first-order chi connectivity index (χ1) is 19.4. The van der Waals surface area contributed by atoms with E-state index in [0.717, 1.165) is 68.0 Å². The molecule has 2 N–H and O–H groups in total. The number of nitrogens with one attached hydrogen (secondary N) is 2. The maximum atomic E-state index is 15.3. The van der Waals surface area contributed by atoms with Crippen LogP contribution in [0.4, 0.5) is 15.9 Å². The highest BCUT2D eigenvalue weighted by molar-refractivity contribution is 5.74. The predicted molar refractivity (Wildman–Crippen MR) is 154 cm³/mol. The van der Waals surface area contributed by atoms with E-state index in [9.17, 15) is 4.79 Å². The van der Waals surface area contributed by atoms with Gasteiger partial charge in [0, 0.05) is 63.0 Å². The molecule has 10 heteroatoms. The third kappa shape index (κ3) is 5.78. The molecule has 1 aromatic carbocycles. The number of carbonyl (C=O) groups is 1. The molecule has 6 rings (SSSR count). The number of piperidine rings is 2. The van der Waals surface area contributed by atoms with Crippen LogP contribution in [0.25, 0.3) is 11.1 Å². The van der Waals surface area contributed by atoms with Crippen LogP contribution in [0.1, 0.15) is 56.3 Å². The van der Waals surface area contributed by atoms with E-state index in [1.54, 1.807) is 23.9 Å². The number of hydrogen-bond donors (Lipinski definition) is 2. The number of benzene rings is 1. The van der Waals surface area contributed by atoms with Crippen LogP contribution >= 0.6 is 0 Å². The molecule has 2 saturated heterocycles. The van der Waals surface area contributed by atoms with Gasteiger partial charge >= 0.3 is 0 Å². The van der Waals surface area contributed by atoms with Gasteiger partial charge in [-0.1, -0.05) is 6.07 Å². The average Bonchev–Trinajstić information content (AvgIpc) is 3.57. The second-order valence-corrected chi connectivity index (χ2v) is 11.7. The molecular formula is C30H41FN8O. The van der Waals surface area contributed by atoms with Crippen LogP contribution < -0.4 is 10.6 Å². The third-order valence-electron chi connectivity index (χ3n) is 9.01. The predicted octanol–water partition coefficient (Wildman–Crippen LogP) is 4.10. The van der Waals surface area contributed by atoms with E-state index in [0.29, 0.717) is 30.6 Å². The standard InChI is InChI=1S/C30H41FN8O/c1-21(40)38-16-10-29-26(20-38)30(34-28-4-3-23(17-27(28)31)24-18-33-36(2)19-24)35-39(29)25-8-14-37(15-9-25)13-7-22-5-11-32-12-6-22/h3-4,17-19,22,25,32H,5-16,20H2,1-2H3,(H,34,35). The van der Waals surface area contributed by atoms with Crippen LogP contribution in [-0.4, -0.2) is 74.5 Å². The van der Waals surface area contributed by atoms with Gasteiger partial charge in [0.15, 0.2) is 5.82 Å². The van der Waals surface area contributed by atoms with Crippen LogP contribution in [0.3, 0.4) is 0 Å². The zero-order chi connectivity index (χ0) is 27.6. The second-order valence-electron chi connectivity index (χ2n) is 11.7. The van der Waals surface area contributed by atoms with Gasteiger partial charge in [-0.25, -0.2) is 4.39 Å². The number of likely N-dealkylation sites (tertiary alicyclic amines) is 1. The Morgan fingerprint density at radius 2 is 1.93 bits per heavy atom. The lowest BCUT2D eigenvalue weighted by Crippen LogP contribution is -2.38. The Labute approximate surface area is 235 Å². The summed E-state index contributed by atoms with van der Waals surface area (Å²) in [7, 11) is 1.85.